The van der Waals surface area contributed by atoms with Crippen LogP contribution in [0.1, 0.15) is 58.8 Å². The number of aliphatic carboxylic acids is 1. The molecule has 0 aromatic rings. The van der Waals surface area contributed by atoms with Gasteiger partial charge in [0.2, 0.25) is 0 Å². The molecule has 2 N–H and O–H groups in total. The number of carboxylic acids is 1. The van der Waals surface area contributed by atoms with Gasteiger partial charge in [-0.15, -0.1) is 0 Å². The highest BCUT2D eigenvalue weighted by molar-refractivity contribution is 5.66. The first-order chi connectivity index (χ1) is 7.52. The number of carbonyl (C=O) groups is 1. The second kappa shape index (κ2) is 6.24. The van der Waals surface area contributed by atoms with Crippen molar-refractivity contribution in [1.29, 1.82) is 0 Å². The van der Waals surface area contributed by atoms with E-state index in [0.29, 0.717) is 11.5 Å². The van der Waals surface area contributed by atoms with Crippen molar-refractivity contribution in [2.75, 3.05) is 6.54 Å². The van der Waals surface area contributed by atoms with Gasteiger partial charge in [-0.3, -0.25) is 4.79 Å². The van der Waals surface area contributed by atoms with E-state index in [0.717, 1.165) is 13.0 Å². The van der Waals surface area contributed by atoms with Crippen LogP contribution in [0.25, 0.3) is 0 Å². The van der Waals surface area contributed by atoms with E-state index >= 15 is 0 Å². The fraction of sp³-hybridized carbons (Fsp3) is 0.923. The lowest BCUT2D eigenvalue weighted by atomic mass is 9.75. The summed E-state index contributed by atoms with van der Waals surface area (Å²) >= 11 is 0. The zero-order chi connectivity index (χ0) is 12.0. The Bertz CT molecular complexity index is 222. The largest absolute Gasteiger partial charge is 0.481 e. The number of carboxylic acid groups (broad SMARTS) is 1. The monoisotopic (exact) mass is 227 g/mol. The maximum absolute atomic E-state index is 10.4. The minimum atomic E-state index is -0.697. The molecule has 1 atom stereocenters. The highest BCUT2D eigenvalue weighted by Crippen LogP contribution is 2.35. The molecule has 1 aliphatic carbocycles. The zero-order valence-corrected chi connectivity index (χ0v) is 10.6. The summed E-state index contributed by atoms with van der Waals surface area (Å²) in [6, 6.07) is 0.315. The molecule has 0 amide bonds. The van der Waals surface area contributed by atoms with Gasteiger partial charge in [0.05, 0.1) is 0 Å². The molecular weight excluding hydrogens is 202 g/mol. The van der Waals surface area contributed by atoms with Gasteiger partial charge in [0.1, 0.15) is 0 Å². The van der Waals surface area contributed by atoms with Crippen molar-refractivity contribution >= 4 is 5.97 Å². The van der Waals surface area contributed by atoms with Crippen molar-refractivity contribution < 1.29 is 9.90 Å². The summed E-state index contributed by atoms with van der Waals surface area (Å²) in [5, 5.41) is 12.1. The summed E-state index contributed by atoms with van der Waals surface area (Å²) in [4.78, 5) is 10.4. The first kappa shape index (κ1) is 13.5. The Balaban J connectivity index is 2.19. The maximum Gasteiger partial charge on any atom is 0.303 e. The SMILES string of the molecule is CC(CCC(=O)O)NCC1(C)CCCCC1. The minimum Gasteiger partial charge on any atom is -0.481 e. The van der Waals surface area contributed by atoms with E-state index in [1.807, 2.05) is 0 Å². The average molecular weight is 227 g/mol. The van der Waals surface area contributed by atoms with E-state index in [4.69, 9.17) is 5.11 Å². The Kier molecular flexibility index (Phi) is 5.26. The molecule has 16 heavy (non-hydrogen) atoms. The molecule has 0 bridgehead atoms. The molecule has 0 heterocycles. The fourth-order valence-corrected chi connectivity index (χ4v) is 2.44. The third kappa shape index (κ3) is 4.97. The van der Waals surface area contributed by atoms with Crippen LogP contribution in [0.5, 0.6) is 0 Å². The number of nitrogens with one attached hydrogen (secondary N) is 1. The summed E-state index contributed by atoms with van der Waals surface area (Å²) in [5.41, 5.74) is 0.440. The lowest BCUT2D eigenvalue weighted by molar-refractivity contribution is -0.137. The molecular formula is C13H25NO2. The summed E-state index contributed by atoms with van der Waals surface area (Å²) in [7, 11) is 0. The van der Waals surface area contributed by atoms with Crippen molar-refractivity contribution in [1.82, 2.24) is 5.32 Å². The fourth-order valence-electron chi connectivity index (χ4n) is 2.44. The van der Waals surface area contributed by atoms with Gasteiger partial charge in [0.15, 0.2) is 0 Å². The Morgan fingerprint density at radius 2 is 2.00 bits per heavy atom. The van der Waals surface area contributed by atoms with Crippen molar-refractivity contribution in [2.24, 2.45) is 5.41 Å². The van der Waals surface area contributed by atoms with Gasteiger partial charge in [0.25, 0.3) is 0 Å². The molecule has 0 aromatic carbocycles. The molecule has 1 saturated carbocycles. The predicted molar refractivity (Wildman–Crippen MR) is 65.5 cm³/mol. The van der Waals surface area contributed by atoms with E-state index < -0.39 is 5.97 Å². The summed E-state index contributed by atoms with van der Waals surface area (Å²) in [6.45, 7) is 5.46. The van der Waals surface area contributed by atoms with Crippen LogP contribution in [-0.4, -0.2) is 23.7 Å². The van der Waals surface area contributed by atoms with Crippen LogP contribution in [0.15, 0.2) is 0 Å². The van der Waals surface area contributed by atoms with E-state index in [1.54, 1.807) is 0 Å². The van der Waals surface area contributed by atoms with Gasteiger partial charge in [-0.1, -0.05) is 26.2 Å². The molecule has 3 heteroatoms. The summed E-state index contributed by atoms with van der Waals surface area (Å²) < 4.78 is 0. The zero-order valence-electron chi connectivity index (χ0n) is 10.6. The third-order valence-electron chi connectivity index (χ3n) is 3.73. The standard InChI is InChI=1S/C13H25NO2/c1-11(6-7-12(15)16)14-10-13(2)8-4-3-5-9-13/h11,14H,3-10H2,1-2H3,(H,15,16). The first-order valence-electron chi connectivity index (χ1n) is 6.47. The molecule has 3 nitrogen and oxygen atoms in total. The van der Waals surface area contributed by atoms with E-state index in [-0.39, 0.29) is 6.42 Å². The van der Waals surface area contributed by atoms with E-state index in [9.17, 15) is 4.79 Å². The van der Waals surface area contributed by atoms with Crippen molar-refractivity contribution in [3.8, 4) is 0 Å². The van der Waals surface area contributed by atoms with Crippen LogP contribution in [0.4, 0.5) is 0 Å². The molecule has 0 aliphatic heterocycles. The topological polar surface area (TPSA) is 49.3 Å². The van der Waals surface area contributed by atoms with Crippen molar-refractivity contribution in [3.63, 3.8) is 0 Å². The molecule has 0 aromatic heterocycles. The van der Waals surface area contributed by atoms with Gasteiger partial charge < -0.3 is 10.4 Å². The third-order valence-corrected chi connectivity index (χ3v) is 3.73. The van der Waals surface area contributed by atoms with E-state index in [2.05, 4.69) is 19.2 Å². The Hall–Kier alpha value is -0.570. The van der Waals surface area contributed by atoms with Crippen LogP contribution in [0.3, 0.4) is 0 Å². The Morgan fingerprint density at radius 1 is 1.38 bits per heavy atom. The second-order valence-corrected chi connectivity index (χ2v) is 5.59. The van der Waals surface area contributed by atoms with Crippen LogP contribution in [0.2, 0.25) is 0 Å². The maximum atomic E-state index is 10.4. The van der Waals surface area contributed by atoms with Crippen LogP contribution < -0.4 is 5.32 Å². The summed E-state index contributed by atoms with van der Waals surface area (Å²) in [6.07, 6.45) is 7.70. The average Bonchev–Trinajstić information content (AvgIpc) is 2.25. The van der Waals surface area contributed by atoms with Gasteiger partial charge in [0, 0.05) is 19.0 Å². The number of hydrogen-bond acceptors (Lipinski definition) is 2. The predicted octanol–water partition coefficient (Wildman–Crippen LogP) is 2.80. The minimum absolute atomic E-state index is 0.269. The highest BCUT2D eigenvalue weighted by atomic mass is 16.4. The van der Waals surface area contributed by atoms with Gasteiger partial charge in [-0.05, 0) is 31.6 Å². The smallest absolute Gasteiger partial charge is 0.303 e. The normalized spacial score (nSPS) is 21.6. The molecule has 1 rings (SSSR count). The van der Waals surface area contributed by atoms with Crippen LogP contribution >= 0.6 is 0 Å². The van der Waals surface area contributed by atoms with Crippen molar-refractivity contribution in [2.45, 2.75) is 64.8 Å². The summed E-state index contributed by atoms with van der Waals surface area (Å²) in [5.74, 6) is -0.697. The number of hydrogen-bond donors (Lipinski definition) is 2. The van der Waals surface area contributed by atoms with Crippen LogP contribution in [0, 0.1) is 5.41 Å². The van der Waals surface area contributed by atoms with Crippen LogP contribution in [-0.2, 0) is 4.79 Å². The molecule has 94 valence electrons. The first-order valence-corrected chi connectivity index (χ1v) is 6.47. The lowest BCUT2D eigenvalue weighted by Gasteiger charge is -2.34. The van der Waals surface area contributed by atoms with Gasteiger partial charge in [-0.25, -0.2) is 0 Å². The molecule has 1 aliphatic rings. The van der Waals surface area contributed by atoms with Gasteiger partial charge >= 0.3 is 5.97 Å². The molecule has 0 spiro atoms. The highest BCUT2D eigenvalue weighted by Gasteiger charge is 2.26. The Labute approximate surface area is 98.6 Å². The lowest BCUT2D eigenvalue weighted by Crippen LogP contribution is -2.38. The quantitative estimate of drug-likeness (QED) is 0.733. The molecule has 0 radical (unpaired) electrons. The second-order valence-electron chi connectivity index (χ2n) is 5.59. The Morgan fingerprint density at radius 3 is 2.56 bits per heavy atom. The van der Waals surface area contributed by atoms with E-state index in [1.165, 1.54) is 32.1 Å². The molecule has 0 saturated heterocycles. The van der Waals surface area contributed by atoms with Gasteiger partial charge in [-0.2, -0.15) is 0 Å². The van der Waals surface area contributed by atoms with Crippen molar-refractivity contribution in [3.05, 3.63) is 0 Å². The number of rotatable bonds is 6. The molecule has 1 fully saturated rings. The molecule has 1 unspecified atom stereocenters.